The van der Waals surface area contributed by atoms with Gasteiger partial charge in [-0.05, 0) is 19.8 Å². The maximum absolute atomic E-state index is 12.2. The number of likely N-dealkylation sites (tertiary alicyclic amines) is 1. The highest BCUT2D eigenvalue weighted by molar-refractivity contribution is 6.08. The molecular weight excluding hydrogens is 190 g/mol. The lowest BCUT2D eigenvalue weighted by atomic mass is 9.70. The molecule has 0 aromatic heterocycles. The normalized spacial score (nSPS) is 25.9. The Kier molecular flexibility index (Phi) is 3.53. The van der Waals surface area contributed by atoms with E-state index in [-0.39, 0.29) is 17.6 Å². The second kappa shape index (κ2) is 4.33. The topological polar surface area (TPSA) is 37.4 Å². The van der Waals surface area contributed by atoms with Crippen molar-refractivity contribution in [2.75, 3.05) is 13.1 Å². The lowest BCUT2D eigenvalue weighted by Crippen LogP contribution is -2.57. The molecule has 0 saturated carbocycles. The molecule has 1 unspecified atom stereocenters. The minimum absolute atomic E-state index is 0.0115. The van der Waals surface area contributed by atoms with E-state index in [9.17, 15) is 9.59 Å². The molecule has 86 valence electrons. The van der Waals surface area contributed by atoms with Crippen molar-refractivity contribution >= 4 is 11.7 Å². The predicted octanol–water partition coefficient (Wildman–Crippen LogP) is 1.86. The number of nitrogens with zero attached hydrogens (tertiary/aromatic N) is 1. The SMILES string of the molecule is CCN1CC(C)C(=O)C(CC)(CC)C1=O. The maximum atomic E-state index is 12.2. The van der Waals surface area contributed by atoms with Crippen molar-refractivity contribution < 1.29 is 9.59 Å². The summed E-state index contributed by atoms with van der Waals surface area (Å²) >= 11 is 0. The van der Waals surface area contributed by atoms with E-state index < -0.39 is 5.41 Å². The molecule has 0 bridgehead atoms. The van der Waals surface area contributed by atoms with Crippen LogP contribution in [-0.2, 0) is 9.59 Å². The number of Topliss-reactive ketones (excluding diaryl/α,β-unsaturated/α-hetero) is 1. The second-order valence-electron chi connectivity index (χ2n) is 4.40. The van der Waals surface area contributed by atoms with Gasteiger partial charge >= 0.3 is 0 Å². The fourth-order valence-corrected chi connectivity index (χ4v) is 2.55. The van der Waals surface area contributed by atoms with Crippen LogP contribution in [0.25, 0.3) is 0 Å². The summed E-state index contributed by atoms with van der Waals surface area (Å²) in [5.74, 6) is 0.169. The Labute approximate surface area is 91.8 Å². The Balaban J connectivity index is 3.09. The van der Waals surface area contributed by atoms with Gasteiger partial charge in [-0.2, -0.15) is 0 Å². The fraction of sp³-hybridized carbons (Fsp3) is 0.833. The number of hydrogen-bond donors (Lipinski definition) is 0. The van der Waals surface area contributed by atoms with Crippen LogP contribution in [-0.4, -0.2) is 29.7 Å². The van der Waals surface area contributed by atoms with Crippen molar-refractivity contribution in [3.8, 4) is 0 Å². The first-order valence-corrected chi connectivity index (χ1v) is 5.87. The van der Waals surface area contributed by atoms with E-state index in [1.165, 1.54) is 0 Å². The average Bonchev–Trinajstić information content (AvgIpc) is 2.26. The molecule has 0 aromatic rings. The highest BCUT2D eigenvalue weighted by atomic mass is 16.2. The molecule has 3 nitrogen and oxygen atoms in total. The van der Waals surface area contributed by atoms with Crippen molar-refractivity contribution in [3.63, 3.8) is 0 Å². The van der Waals surface area contributed by atoms with E-state index in [0.29, 0.717) is 25.9 Å². The van der Waals surface area contributed by atoms with Gasteiger partial charge in [-0.15, -0.1) is 0 Å². The Morgan fingerprint density at radius 2 is 1.80 bits per heavy atom. The van der Waals surface area contributed by atoms with Crippen LogP contribution in [0.3, 0.4) is 0 Å². The smallest absolute Gasteiger partial charge is 0.236 e. The monoisotopic (exact) mass is 211 g/mol. The molecule has 1 aliphatic heterocycles. The number of rotatable bonds is 3. The Hall–Kier alpha value is -0.860. The van der Waals surface area contributed by atoms with Crippen molar-refractivity contribution in [2.45, 2.75) is 40.5 Å². The predicted molar refractivity (Wildman–Crippen MR) is 59.4 cm³/mol. The average molecular weight is 211 g/mol. The van der Waals surface area contributed by atoms with Gasteiger partial charge < -0.3 is 4.90 Å². The van der Waals surface area contributed by atoms with Gasteiger partial charge in [0.2, 0.25) is 5.91 Å². The number of amides is 1. The first kappa shape index (κ1) is 12.2. The van der Waals surface area contributed by atoms with Crippen LogP contribution >= 0.6 is 0 Å². The molecule has 1 fully saturated rings. The summed E-state index contributed by atoms with van der Waals surface area (Å²) in [6.07, 6.45) is 1.25. The quantitative estimate of drug-likeness (QED) is 0.668. The van der Waals surface area contributed by atoms with Crippen LogP contribution in [0.5, 0.6) is 0 Å². The molecule has 3 heteroatoms. The summed E-state index contributed by atoms with van der Waals surface area (Å²) in [5.41, 5.74) is -0.728. The fourth-order valence-electron chi connectivity index (χ4n) is 2.55. The van der Waals surface area contributed by atoms with Gasteiger partial charge in [0.25, 0.3) is 0 Å². The first-order chi connectivity index (χ1) is 7.03. The summed E-state index contributed by atoms with van der Waals surface area (Å²) in [6.45, 7) is 9.07. The molecule has 1 rings (SSSR count). The van der Waals surface area contributed by atoms with Crippen LogP contribution < -0.4 is 0 Å². The van der Waals surface area contributed by atoms with Gasteiger partial charge in [0.15, 0.2) is 5.78 Å². The summed E-state index contributed by atoms with van der Waals surface area (Å²) in [4.78, 5) is 26.2. The van der Waals surface area contributed by atoms with Crippen molar-refractivity contribution in [3.05, 3.63) is 0 Å². The van der Waals surface area contributed by atoms with Crippen LogP contribution in [0.15, 0.2) is 0 Å². The highest BCUT2D eigenvalue weighted by Gasteiger charge is 2.49. The molecule has 15 heavy (non-hydrogen) atoms. The molecule has 1 atom stereocenters. The lowest BCUT2D eigenvalue weighted by Gasteiger charge is -2.42. The zero-order valence-electron chi connectivity index (χ0n) is 10.2. The first-order valence-electron chi connectivity index (χ1n) is 5.87. The van der Waals surface area contributed by atoms with Crippen LogP contribution in [0.1, 0.15) is 40.5 Å². The summed E-state index contributed by atoms with van der Waals surface area (Å²) < 4.78 is 0. The van der Waals surface area contributed by atoms with Gasteiger partial charge in [0, 0.05) is 19.0 Å². The third-order valence-electron chi connectivity index (χ3n) is 3.70. The number of ketones is 1. The van der Waals surface area contributed by atoms with Gasteiger partial charge in [0.05, 0.1) is 0 Å². The van der Waals surface area contributed by atoms with Crippen molar-refractivity contribution in [1.82, 2.24) is 4.90 Å². The van der Waals surface area contributed by atoms with Crippen molar-refractivity contribution in [2.24, 2.45) is 11.3 Å². The standard InChI is InChI=1S/C12H21NO2/c1-5-12(6-2)10(14)9(4)8-13(7-3)11(12)15/h9H,5-8H2,1-4H3. The van der Waals surface area contributed by atoms with E-state index in [4.69, 9.17) is 0 Å². The number of carbonyl (C=O) groups excluding carboxylic acids is 2. The van der Waals surface area contributed by atoms with Crippen LogP contribution in [0, 0.1) is 11.3 Å². The zero-order valence-corrected chi connectivity index (χ0v) is 10.2. The van der Waals surface area contributed by atoms with Crippen LogP contribution in [0.2, 0.25) is 0 Å². The molecule has 0 radical (unpaired) electrons. The molecule has 0 N–H and O–H groups in total. The zero-order chi connectivity index (χ0) is 11.6. The molecule has 1 aliphatic rings. The molecular formula is C12H21NO2. The Morgan fingerprint density at radius 3 is 2.20 bits per heavy atom. The summed E-state index contributed by atoms with van der Waals surface area (Å²) in [6, 6.07) is 0. The van der Waals surface area contributed by atoms with Crippen LogP contribution in [0.4, 0.5) is 0 Å². The minimum atomic E-state index is -0.728. The van der Waals surface area contributed by atoms with Crippen molar-refractivity contribution in [1.29, 1.82) is 0 Å². The largest absolute Gasteiger partial charge is 0.341 e. The third-order valence-corrected chi connectivity index (χ3v) is 3.70. The Morgan fingerprint density at radius 1 is 1.27 bits per heavy atom. The summed E-state index contributed by atoms with van der Waals surface area (Å²) in [5, 5.41) is 0. The number of piperidine rings is 1. The minimum Gasteiger partial charge on any atom is -0.341 e. The van der Waals surface area contributed by atoms with Gasteiger partial charge in [0.1, 0.15) is 5.41 Å². The lowest BCUT2D eigenvalue weighted by molar-refractivity contribution is -0.158. The van der Waals surface area contributed by atoms with E-state index in [1.54, 1.807) is 0 Å². The summed E-state index contributed by atoms with van der Waals surface area (Å²) in [7, 11) is 0. The highest BCUT2D eigenvalue weighted by Crippen LogP contribution is 2.36. The molecule has 0 spiro atoms. The van der Waals surface area contributed by atoms with Gasteiger partial charge in [-0.1, -0.05) is 20.8 Å². The number of hydrogen-bond acceptors (Lipinski definition) is 2. The Bertz CT molecular complexity index is 269. The third kappa shape index (κ3) is 1.68. The second-order valence-corrected chi connectivity index (χ2v) is 4.40. The van der Waals surface area contributed by atoms with Gasteiger partial charge in [-0.25, -0.2) is 0 Å². The van der Waals surface area contributed by atoms with E-state index >= 15 is 0 Å². The molecule has 0 aromatic carbocycles. The number of carbonyl (C=O) groups is 2. The molecule has 0 aliphatic carbocycles. The van der Waals surface area contributed by atoms with E-state index in [0.717, 1.165) is 0 Å². The van der Waals surface area contributed by atoms with E-state index in [2.05, 4.69) is 0 Å². The molecule has 1 saturated heterocycles. The maximum Gasteiger partial charge on any atom is 0.236 e. The molecule has 1 heterocycles. The van der Waals surface area contributed by atoms with Gasteiger partial charge in [-0.3, -0.25) is 9.59 Å². The van der Waals surface area contributed by atoms with E-state index in [1.807, 2.05) is 32.6 Å². The molecule has 1 amide bonds.